The van der Waals surface area contributed by atoms with E-state index >= 15 is 0 Å². The maximum absolute atomic E-state index is 13.1. The Bertz CT molecular complexity index is 1160. The first-order valence-corrected chi connectivity index (χ1v) is 10.8. The highest BCUT2D eigenvalue weighted by Gasteiger charge is 2.31. The van der Waals surface area contributed by atoms with E-state index in [1.54, 1.807) is 0 Å². The van der Waals surface area contributed by atoms with Gasteiger partial charge in [-0.1, -0.05) is 60.3 Å². The van der Waals surface area contributed by atoms with Crippen molar-refractivity contribution >= 4 is 28.4 Å². The lowest BCUT2D eigenvalue weighted by molar-refractivity contribution is 0.0995. The number of carbonyl (C=O) groups excluding carboxylic acids is 1. The van der Waals surface area contributed by atoms with Crippen molar-refractivity contribution in [1.82, 2.24) is 19.7 Å². The van der Waals surface area contributed by atoms with Gasteiger partial charge in [-0.3, -0.25) is 4.79 Å². The highest BCUT2D eigenvalue weighted by Crippen LogP contribution is 2.40. The molecule has 4 aromatic rings. The average Bonchev–Trinajstić information content (AvgIpc) is 3.39. The van der Waals surface area contributed by atoms with Crippen molar-refractivity contribution in [2.45, 2.75) is 42.6 Å². The molecule has 0 unspecified atom stereocenters. The van der Waals surface area contributed by atoms with Crippen LogP contribution in [0.5, 0.6) is 0 Å². The largest absolute Gasteiger partial charge is 0.360 e. The van der Waals surface area contributed by atoms with Gasteiger partial charge in [0.25, 0.3) is 0 Å². The van der Waals surface area contributed by atoms with Gasteiger partial charge in [0.2, 0.25) is 0 Å². The van der Waals surface area contributed by atoms with E-state index in [9.17, 15) is 4.79 Å². The molecule has 146 valence electrons. The molecular formula is C23H22N4OS. The lowest BCUT2D eigenvalue weighted by atomic mass is 10.1. The third kappa shape index (κ3) is 3.60. The number of aromatic nitrogens is 4. The quantitative estimate of drug-likeness (QED) is 0.347. The monoisotopic (exact) mass is 402 g/mol. The first-order valence-electron chi connectivity index (χ1n) is 9.94. The van der Waals surface area contributed by atoms with Gasteiger partial charge < -0.3 is 9.55 Å². The van der Waals surface area contributed by atoms with Gasteiger partial charge in [0.1, 0.15) is 5.82 Å². The summed E-state index contributed by atoms with van der Waals surface area (Å²) in [5.41, 5.74) is 2.93. The number of fused-ring (bicyclic) bond motifs is 1. The second-order valence-corrected chi connectivity index (χ2v) is 8.87. The molecule has 1 aliphatic carbocycles. The summed E-state index contributed by atoms with van der Waals surface area (Å²) in [6.45, 7) is 2.68. The minimum atomic E-state index is -0.250. The molecule has 0 saturated heterocycles. The molecule has 1 N–H and O–H groups in total. The Morgan fingerprint density at radius 2 is 1.90 bits per heavy atom. The standard InChI is InChI=1S/C23H22N4OS/c1-15(21(28)19-13-24-20-10-6-5-9-18(19)20)29-23-26-25-22(17-11-12-17)27(23)14-16-7-3-2-4-8-16/h2-10,13,15,17,24H,11-12,14H2,1H3/t15-/m0/s1. The Morgan fingerprint density at radius 1 is 1.14 bits per heavy atom. The molecule has 5 rings (SSSR count). The van der Waals surface area contributed by atoms with Crippen molar-refractivity contribution in [3.63, 3.8) is 0 Å². The van der Waals surface area contributed by atoms with Crippen LogP contribution in [0.1, 0.15) is 47.4 Å². The number of hydrogen-bond acceptors (Lipinski definition) is 4. The second-order valence-electron chi connectivity index (χ2n) is 7.56. The predicted molar refractivity (Wildman–Crippen MR) is 115 cm³/mol. The number of thioether (sulfide) groups is 1. The van der Waals surface area contributed by atoms with Crippen LogP contribution in [-0.2, 0) is 6.54 Å². The number of hydrogen-bond donors (Lipinski definition) is 1. The van der Waals surface area contributed by atoms with Crippen LogP contribution in [0.15, 0.2) is 66.0 Å². The molecule has 1 aliphatic rings. The van der Waals surface area contributed by atoms with Crippen LogP contribution in [0.4, 0.5) is 0 Å². The number of nitrogens with zero attached hydrogens (tertiary/aromatic N) is 3. The summed E-state index contributed by atoms with van der Waals surface area (Å²) >= 11 is 1.50. The van der Waals surface area contributed by atoms with Crippen molar-refractivity contribution in [3.05, 3.63) is 77.7 Å². The second kappa shape index (κ2) is 7.52. The van der Waals surface area contributed by atoms with E-state index in [4.69, 9.17) is 0 Å². The van der Waals surface area contributed by atoms with Gasteiger partial charge in [-0.2, -0.15) is 0 Å². The summed E-state index contributed by atoms with van der Waals surface area (Å²) in [4.78, 5) is 16.3. The summed E-state index contributed by atoms with van der Waals surface area (Å²) in [6, 6.07) is 18.3. The van der Waals surface area contributed by atoms with E-state index in [0.717, 1.165) is 34.0 Å². The first kappa shape index (κ1) is 18.2. The van der Waals surface area contributed by atoms with Gasteiger partial charge in [0.15, 0.2) is 10.9 Å². The summed E-state index contributed by atoms with van der Waals surface area (Å²) < 4.78 is 2.19. The van der Waals surface area contributed by atoms with E-state index in [0.29, 0.717) is 5.92 Å². The van der Waals surface area contributed by atoms with Gasteiger partial charge in [0, 0.05) is 28.6 Å². The molecular weight excluding hydrogens is 380 g/mol. The summed E-state index contributed by atoms with van der Waals surface area (Å²) in [5.74, 6) is 1.65. The van der Waals surface area contributed by atoms with Crippen LogP contribution in [-0.4, -0.2) is 30.8 Å². The smallest absolute Gasteiger partial charge is 0.192 e. The lowest BCUT2D eigenvalue weighted by Gasteiger charge is -2.13. The number of Topliss-reactive ketones (excluding diaryl/α,β-unsaturated/α-hetero) is 1. The third-order valence-electron chi connectivity index (χ3n) is 5.38. The molecule has 1 fully saturated rings. The van der Waals surface area contributed by atoms with Crippen molar-refractivity contribution in [1.29, 1.82) is 0 Å². The molecule has 5 nitrogen and oxygen atoms in total. The normalized spacial score (nSPS) is 14.9. The highest BCUT2D eigenvalue weighted by atomic mass is 32.2. The van der Waals surface area contributed by atoms with Crippen molar-refractivity contribution in [3.8, 4) is 0 Å². The van der Waals surface area contributed by atoms with Gasteiger partial charge in [-0.15, -0.1) is 10.2 Å². The van der Waals surface area contributed by atoms with Crippen LogP contribution < -0.4 is 0 Å². The Morgan fingerprint density at radius 3 is 2.69 bits per heavy atom. The minimum absolute atomic E-state index is 0.106. The number of para-hydroxylation sites is 1. The van der Waals surface area contributed by atoms with Crippen LogP contribution in [0, 0.1) is 0 Å². The van der Waals surface area contributed by atoms with Crippen LogP contribution in [0.3, 0.4) is 0 Å². The maximum atomic E-state index is 13.1. The van der Waals surface area contributed by atoms with E-state index in [1.165, 1.54) is 30.2 Å². The number of rotatable bonds is 7. The molecule has 0 spiro atoms. The molecule has 0 bridgehead atoms. The van der Waals surface area contributed by atoms with Crippen molar-refractivity contribution in [2.24, 2.45) is 0 Å². The molecule has 1 atom stereocenters. The van der Waals surface area contributed by atoms with Crippen LogP contribution in [0.25, 0.3) is 10.9 Å². The first-order chi connectivity index (χ1) is 14.2. The summed E-state index contributed by atoms with van der Waals surface area (Å²) in [6.07, 6.45) is 4.15. The molecule has 1 saturated carbocycles. The fraction of sp³-hybridized carbons (Fsp3) is 0.261. The Kier molecular flexibility index (Phi) is 4.72. The third-order valence-corrected chi connectivity index (χ3v) is 6.46. The Labute approximate surface area is 173 Å². The molecule has 0 aliphatic heterocycles. The van der Waals surface area contributed by atoms with Gasteiger partial charge in [-0.25, -0.2) is 0 Å². The zero-order chi connectivity index (χ0) is 19.8. The van der Waals surface area contributed by atoms with Gasteiger partial charge >= 0.3 is 0 Å². The van der Waals surface area contributed by atoms with Gasteiger partial charge in [-0.05, 0) is 31.4 Å². The topological polar surface area (TPSA) is 63.6 Å². The maximum Gasteiger partial charge on any atom is 0.192 e. The van der Waals surface area contributed by atoms with Crippen molar-refractivity contribution in [2.75, 3.05) is 0 Å². The number of nitrogens with one attached hydrogen (secondary N) is 1. The predicted octanol–water partition coefficient (Wildman–Crippen LogP) is 5.05. The number of H-pyrrole nitrogens is 1. The SMILES string of the molecule is C[C@H](Sc1nnc(C2CC2)n1Cc1ccccc1)C(=O)c1c[nH]c2ccccc12. The van der Waals surface area contributed by atoms with Crippen LogP contribution >= 0.6 is 11.8 Å². The average molecular weight is 403 g/mol. The van der Waals surface area contributed by atoms with Crippen LogP contribution in [0.2, 0.25) is 0 Å². The van der Waals surface area contributed by atoms with Crippen molar-refractivity contribution < 1.29 is 4.79 Å². The molecule has 2 heterocycles. The number of aromatic amines is 1. The summed E-state index contributed by atoms with van der Waals surface area (Å²) in [5, 5.41) is 10.5. The van der Waals surface area contributed by atoms with E-state index in [2.05, 4.69) is 31.9 Å². The van der Waals surface area contributed by atoms with Gasteiger partial charge in [0.05, 0.1) is 11.8 Å². The van der Waals surface area contributed by atoms with E-state index < -0.39 is 0 Å². The number of ketones is 1. The molecule has 2 aromatic heterocycles. The Balaban J connectivity index is 1.41. The fourth-order valence-electron chi connectivity index (χ4n) is 3.65. The number of benzene rings is 2. The highest BCUT2D eigenvalue weighted by molar-refractivity contribution is 8.00. The Hall–Kier alpha value is -2.86. The minimum Gasteiger partial charge on any atom is -0.360 e. The molecule has 2 aromatic carbocycles. The summed E-state index contributed by atoms with van der Waals surface area (Å²) in [7, 11) is 0. The van der Waals surface area contributed by atoms with E-state index in [-0.39, 0.29) is 11.0 Å². The fourth-order valence-corrected chi connectivity index (χ4v) is 4.57. The molecule has 0 amide bonds. The van der Waals surface area contributed by atoms with E-state index in [1.807, 2.05) is 55.6 Å². The molecule has 29 heavy (non-hydrogen) atoms. The molecule has 6 heteroatoms. The number of carbonyl (C=O) groups is 1. The molecule has 0 radical (unpaired) electrons. The zero-order valence-electron chi connectivity index (χ0n) is 16.2. The zero-order valence-corrected chi connectivity index (χ0v) is 17.0. The lowest BCUT2D eigenvalue weighted by Crippen LogP contribution is -2.15.